The molecule has 2 aliphatic heterocycles. The van der Waals surface area contributed by atoms with E-state index in [2.05, 4.69) is 26.1 Å². The highest BCUT2D eigenvalue weighted by Crippen LogP contribution is 2.26. The minimum Gasteiger partial charge on any atom is -0.342 e. The zero-order valence-electron chi connectivity index (χ0n) is 18.8. The lowest BCUT2D eigenvalue weighted by atomic mass is 10.0. The largest absolute Gasteiger partial charge is 0.342 e. The van der Waals surface area contributed by atoms with Gasteiger partial charge in [-0.05, 0) is 74.7 Å². The molecule has 5 rings (SSSR count). The predicted molar refractivity (Wildman–Crippen MR) is 131 cm³/mol. The molecule has 1 N–H and O–H groups in total. The number of hydrogen-bond donors (Lipinski definition) is 1. The van der Waals surface area contributed by atoms with E-state index in [1.807, 2.05) is 47.4 Å². The number of hydrogen-bond acceptors (Lipinski definition) is 5. The predicted octanol–water partition coefficient (Wildman–Crippen LogP) is 3.98. The van der Waals surface area contributed by atoms with Crippen molar-refractivity contribution < 1.29 is 4.79 Å². The third kappa shape index (κ3) is 4.84. The summed E-state index contributed by atoms with van der Waals surface area (Å²) in [5, 5.41) is 4.24. The molecule has 0 unspecified atom stereocenters. The summed E-state index contributed by atoms with van der Waals surface area (Å²) >= 11 is 0. The molecule has 2 saturated heterocycles. The topological polar surface area (TPSA) is 61.4 Å². The lowest BCUT2D eigenvalue weighted by Gasteiger charge is -2.36. The van der Waals surface area contributed by atoms with Crippen LogP contribution >= 0.6 is 0 Å². The van der Waals surface area contributed by atoms with Crippen LogP contribution in [-0.4, -0.2) is 57.9 Å². The molecule has 33 heavy (non-hydrogen) atoms. The number of benzene rings is 2. The first kappa shape index (κ1) is 21.4. The van der Waals surface area contributed by atoms with E-state index < -0.39 is 0 Å². The lowest BCUT2D eigenvalue weighted by molar-refractivity contribution is -0.132. The van der Waals surface area contributed by atoms with E-state index in [1.165, 1.54) is 25.9 Å². The quantitative estimate of drug-likeness (QED) is 0.610. The van der Waals surface area contributed by atoms with Crippen LogP contribution in [0.25, 0.3) is 10.9 Å². The summed E-state index contributed by atoms with van der Waals surface area (Å²) in [4.78, 5) is 26.5. The number of nitrogens with one attached hydrogen (secondary N) is 1. The number of likely N-dealkylation sites (tertiary alicyclic amines) is 2. The van der Waals surface area contributed by atoms with Crippen molar-refractivity contribution in [2.45, 2.75) is 38.1 Å². The van der Waals surface area contributed by atoms with Gasteiger partial charge in [-0.1, -0.05) is 18.1 Å². The first-order valence-corrected chi connectivity index (χ1v) is 11.8. The molecule has 1 amide bonds. The second kappa shape index (κ2) is 9.60. The summed E-state index contributed by atoms with van der Waals surface area (Å²) in [5.41, 5.74) is 3.48. The molecule has 2 fully saturated rings. The average Bonchev–Trinajstić information content (AvgIpc) is 3.40. The third-order valence-corrected chi connectivity index (χ3v) is 6.82. The van der Waals surface area contributed by atoms with E-state index in [-0.39, 0.29) is 5.91 Å². The van der Waals surface area contributed by atoms with Gasteiger partial charge in [0.25, 0.3) is 0 Å². The highest BCUT2D eigenvalue weighted by atomic mass is 16.2. The summed E-state index contributed by atoms with van der Waals surface area (Å²) in [7, 11) is 0. The number of aromatic nitrogens is 2. The Morgan fingerprint density at radius 3 is 2.67 bits per heavy atom. The van der Waals surface area contributed by atoms with Crippen LogP contribution in [-0.2, 0) is 11.2 Å². The fraction of sp³-hybridized carbons (Fsp3) is 0.370. The number of rotatable bonds is 5. The van der Waals surface area contributed by atoms with Gasteiger partial charge in [0.15, 0.2) is 0 Å². The Labute approximate surface area is 195 Å². The van der Waals surface area contributed by atoms with Gasteiger partial charge in [0.2, 0.25) is 5.91 Å². The summed E-state index contributed by atoms with van der Waals surface area (Å²) < 4.78 is 0. The van der Waals surface area contributed by atoms with Crippen LogP contribution in [0.4, 0.5) is 11.5 Å². The zero-order valence-corrected chi connectivity index (χ0v) is 18.8. The van der Waals surface area contributed by atoms with Crippen molar-refractivity contribution in [2.75, 3.05) is 31.5 Å². The number of amides is 1. The Kier molecular flexibility index (Phi) is 6.23. The Morgan fingerprint density at radius 1 is 1.06 bits per heavy atom. The van der Waals surface area contributed by atoms with Gasteiger partial charge >= 0.3 is 0 Å². The summed E-state index contributed by atoms with van der Waals surface area (Å²) in [6, 6.07) is 14.3. The Hall–Kier alpha value is -3.43. The van der Waals surface area contributed by atoms with Crippen molar-refractivity contribution in [2.24, 2.45) is 0 Å². The van der Waals surface area contributed by atoms with Crippen molar-refractivity contribution in [1.82, 2.24) is 19.8 Å². The lowest BCUT2D eigenvalue weighted by Crippen LogP contribution is -2.46. The molecule has 3 heterocycles. The molecule has 168 valence electrons. The van der Waals surface area contributed by atoms with Gasteiger partial charge in [-0.3, -0.25) is 4.79 Å². The van der Waals surface area contributed by atoms with Crippen LogP contribution in [0, 0.1) is 12.3 Å². The summed E-state index contributed by atoms with van der Waals surface area (Å²) in [5.74, 6) is 3.55. The standard InChI is InChI=1S/C27H29N5O/c1-2-20-6-5-7-22(16-20)30-27-24-17-21(8-9-25(24)28-19-29-27)18-26(33)32-14-10-23(11-15-32)31-12-3-4-13-31/h1,5-9,16-17,19,23H,3-4,10-15,18H2,(H,28,29,30). The molecule has 0 aliphatic carbocycles. The van der Waals surface area contributed by atoms with Crippen LogP contribution < -0.4 is 5.32 Å². The van der Waals surface area contributed by atoms with E-state index >= 15 is 0 Å². The van der Waals surface area contributed by atoms with Gasteiger partial charge in [0, 0.05) is 35.8 Å². The highest BCUT2D eigenvalue weighted by Gasteiger charge is 2.28. The molecule has 0 bridgehead atoms. The minimum atomic E-state index is 0.197. The molecule has 6 nitrogen and oxygen atoms in total. The molecule has 6 heteroatoms. The van der Waals surface area contributed by atoms with Crippen LogP contribution in [0.5, 0.6) is 0 Å². The number of fused-ring (bicyclic) bond motifs is 1. The zero-order chi connectivity index (χ0) is 22.6. The van der Waals surface area contributed by atoms with Crippen molar-refractivity contribution in [1.29, 1.82) is 0 Å². The highest BCUT2D eigenvalue weighted by molar-refractivity contribution is 5.92. The van der Waals surface area contributed by atoms with Crippen LogP contribution in [0.2, 0.25) is 0 Å². The van der Waals surface area contributed by atoms with Crippen LogP contribution in [0.3, 0.4) is 0 Å². The van der Waals surface area contributed by atoms with E-state index in [0.29, 0.717) is 18.3 Å². The average molecular weight is 440 g/mol. The molecule has 0 spiro atoms. The monoisotopic (exact) mass is 439 g/mol. The number of carbonyl (C=O) groups excluding carboxylic acids is 1. The molecule has 0 atom stereocenters. The van der Waals surface area contributed by atoms with E-state index in [1.54, 1.807) is 6.33 Å². The van der Waals surface area contributed by atoms with Crippen molar-refractivity contribution in [3.63, 3.8) is 0 Å². The Balaban J connectivity index is 1.28. The Bertz CT molecular complexity index is 1190. The van der Waals surface area contributed by atoms with E-state index in [9.17, 15) is 4.79 Å². The second-order valence-corrected chi connectivity index (χ2v) is 8.96. The fourth-order valence-electron chi connectivity index (χ4n) is 5.01. The number of nitrogens with zero attached hydrogens (tertiary/aromatic N) is 4. The SMILES string of the molecule is C#Cc1cccc(Nc2ncnc3ccc(CC(=O)N4CCC(N5CCCC5)CC4)cc23)c1. The van der Waals surface area contributed by atoms with Gasteiger partial charge in [-0.25, -0.2) is 9.97 Å². The summed E-state index contributed by atoms with van der Waals surface area (Å²) in [6.07, 6.45) is 12.3. The second-order valence-electron chi connectivity index (χ2n) is 8.96. The number of carbonyl (C=O) groups is 1. The maximum Gasteiger partial charge on any atom is 0.226 e. The molecule has 2 aliphatic rings. The molecule has 3 aromatic rings. The van der Waals surface area contributed by atoms with Gasteiger partial charge < -0.3 is 15.1 Å². The van der Waals surface area contributed by atoms with Gasteiger partial charge in [-0.15, -0.1) is 6.42 Å². The van der Waals surface area contributed by atoms with Crippen LogP contribution in [0.1, 0.15) is 36.8 Å². The molecule has 0 radical (unpaired) electrons. The minimum absolute atomic E-state index is 0.197. The van der Waals surface area contributed by atoms with Gasteiger partial charge in [0.05, 0.1) is 11.9 Å². The fourth-order valence-corrected chi connectivity index (χ4v) is 5.01. The van der Waals surface area contributed by atoms with E-state index in [4.69, 9.17) is 6.42 Å². The van der Waals surface area contributed by atoms with Gasteiger partial charge in [0.1, 0.15) is 12.1 Å². The molecular weight excluding hydrogens is 410 g/mol. The summed E-state index contributed by atoms with van der Waals surface area (Å²) in [6.45, 7) is 4.16. The maximum atomic E-state index is 13.0. The first-order chi connectivity index (χ1) is 16.2. The number of piperidine rings is 1. The third-order valence-electron chi connectivity index (χ3n) is 6.82. The molecule has 2 aromatic carbocycles. The van der Waals surface area contributed by atoms with E-state index in [0.717, 1.165) is 53.6 Å². The molecule has 1 aromatic heterocycles. The maximum absolute atomic E-state index is 13.0. The smallest absolute Gasteiger partial charge is 0.226 e. The molecule has 0 saturated carbocycles. The van der Waals surface area contributed by atoms with Crippen molar-refractivity contribution in [3.05, 3.63) is 59.9 Å². The van der Waals surface area contributed by atoms with Crippen molar-refractivity contribution in [3.8, 4) is 12.3 Å². The first-order valence-electron chi connectivity index (χ1n) is 11.8. The molecular formula is C27H29N5O. The van der Waals surface area contributed by atoms with Crippen molar-refractivity contribution >= 4 is 28.3 Å². The number of anilines is 2. The van der Waals surface area contributed by atoms with Crippen LogP contribution in [0.15, 0.2) is 48.8 Å². The van der Waals surface area contributed by atoms with Gasteiger partial charge in [-0.2, -0.15) is 0 Å². The number of terminal acetylenes is 1. The normalized spacial score (nSPS) is 17.2. The Morgan fingerprint density at radius 2 is 1.88 bits per heavy atom.